The Morgan fingerprint density at radius 2 is 1.88 bits per heavy atom. The van der Waals surface area contributed by atoms with Crippen LogP contribution in [-0.4, -0.2) is 0 Å². The molecule has 3 aliphatic carbocycles. The molecule has 0 spiro atoms. The summed E-state index contributed by atoms with van der Waals surface area (Å²) in [5, 5.41) is 0. The molecule has 0 radical (unpaired) electrons. The van der Waals surface area contributed by atoms with Gasteiger partial charge in [-0.3, -0.25) is 0 Å². The van der Waals surface area contributed by atoms with Crippen LogP contribution in [0.3, 0.4) is 0 Å². The van der Waals surface area contributed by atoms with Gasteiger partial charge in [-0.05, 0) is 54.4 Å². The van der Waals surface area contributed by atoms with Gasteiger partial charge in [-0.2, -0.15) is 0 Å². The van der Waals surface area contributed by atoms with Crippen LogP contribution in [0.15, 0.2) is 42.5 Å². The zero-order valence-corrected chi connectivity index (χ0v) is 9.55. The third-order valence-electron chi connectivity index (χ3n) is 5.21. The van der Waals surface area contributed by atoms with Crippen molar-refractivity contribution in [2.24, 2.45) is 23.7 Å². The fraction of sp³-hybridized carbons (Fsp3) is 0.500. The quantitative estimate of drug-likeness (QED) is 0.614. The Labute approximate surface area is 97.4 Å². The monoisotopic (exact) mass is 210 g/mol. The predicted molar refractivity (Wildman–Crippen MR) is 66.1 cm³/mol. The fourth-order valence-corrected chi connectivity index (χ4v) is 4.62. The molecule has 0 nitrogen and oxygen atoms in total. The average Bonchev–Trinajstić information content (AvgIpc) is 2.71. The van der Waals surface area contributed by atoms with E-state index in [0.717, 1.165) is 29.6 Å². The lowest BCUT2D eigenvalue weighted by molar-refractivity contribution is 0.0585. The van der Waals surface area contributed by atoms with Gasteiger partial charge in [0.1, 0.15) is 0 Å². The molecule has 1 aromatic carbocycles. The molecule has 3 aliphatic rings. The molecule has 4 rings (SSSR count). The second kappa shape index (κ2) is 3.23. The van der Waals surface area contributed by atoms with E-state index in [9.17, 15) is 0 Å². The van der Waals surface area contributed by atoms with Crippen LogP contribution in [-0.2, 0) is 0 Å². The summed E-state index contributed by atoms with van der Waals surface area (Å²) in [4.78, 5) is 0. The minimum Gasteiger partial charge on any atom is -0.0879 e. The fourth-order valence-electron chi connectivity index (χ4n) is 4.62. The summed E-state index contributed by atoms with van der Waals surface area (Å²) < 4.78 is 0. The molecule has 0 bridgehead atoms. The maximum Gasteiger partial charge on any atom is -0.00648 e. The lowest BCUT2D eigenvalue weighted by atomic mass is 9.52. The van der Waals surface area contributed by atoms with Crippen molar-refractivity contribution in [3.8, 4) is 0 Å². The second-order valence-electron chi connectivity index (χ2n) is 5.76. The zero-order chi connectivity index (χ0) is 10.5. The molecule has 16 heavy (non-hydrogen) atoms. The number of allylic oxidation sites excluding steroid dienone is 2. The number of benzene rings is 1. The summed E-state index contributed by atoms with van der Waals surface area (Å²) in [6, 6.07) is 11.2. The van der Waals surface area contributed by atoms with E-state index in [-0.39, 0.29) is 0 Å². The molecular formula is C16H18. The van der Waals surface area contributed by atoms with Gasteiger partial charge in [-0.15, -0.1) is 0 Å². The summed E-state index contributed by atoms with van der Waals surface area (Å²) in [6.07, 6.45) is 9.29. The van der Waals surface area contributed by atoms with E-state index in [0.29, 0.717) is 0 Å². The van der Waals surface area contributed by atoms with Crippen molar-refractivity contribution in [1.29, 1.82) is 0 Å². The number of rotatable bonds is 1. The Hall–Kier alpha value is -1.04. The molecule has 0 amide bonds. The van der Waals surface area contributed by atoms with E-state index in [2.05, 4.69) is 42.5 Å². The van der Waals surface area contributed by atoms with Crippen LogP contribution in [0.4, 0.5) is 0 Å². The Morgan fingerprint density at radius 1 is 1.00 bits per heavy atom. The predicted octanol–water partition coefficient (Wildman–Crippen LogP) is 4.00. The van der Waals surface area contributed by atoms with Gasteiger partial charge in [0.05, 0.1) is 0 Å². The normalized spacial score (nSPS) is 43.9. The number of hydrogen-bond acceptors (Lipinski definition) is 0. The van der Waals surface area contributed by atoms with Crippen molar-refractivity contribution in [3.05, 3.63) is 48.0 Å². The first-order valence-electron chi connectivity index (χ1n) is 6.67. The largest absolute Gasteiger partial charge is 0.0879 e. The van der Waals surface area contributed by atoms with Crippen molar-refractivity contribution in [2.45, 2.75) is 25.2 Å². The van der Waals surface area contributed by atoms with Gasteiger partial charge in [0.25, 0.3) is 0 Å². The second-order valence-corrected chi connectivity index (χ2v) is 5.76. The van der Waals surface area contributed by atoms with E-state index < -0.39 is 0 Å². The van der Waals surface area contributed by atoms with Crippen LogP contribution >= 0.6 is 0 Å². The molecular weight excluding hydrogens is 192 g/mol. The topological polar surface area (TPSA) is 0 Å². The first-order valence-corrected chi connectivity index (χ1v) is 6.67. The third kappa shape index (κ3) is 1.05. The molecule has 5 atom stereocenters. The van der Waals surface area contributed by atoms with Crippen molar-refractivity contribution >= 4 is 0 Å². The highest BCUT2D eigenvalue weighted by atomic mass is 14.6. The first kappa shape index (κ1) is 9.04. The van der Waals surface area contributed by atoms with Crippen molar-refractivity contribution in [3.63, 3.8) is 0 Å². The molecule has 0 aliphatic heterocycles. The van der Waals surface area contributed by atoms with Crippen LogP contribution < -0.4 is 0 Å². The lowest BCUT2D eigenvalue weighted by Gasteiger charge is -2.52. The maximum atomic E-state index is 2.51. The summed E-state index contributed by atoms with van der Waals surface area (Å²) in [5.41, 5.74) is 1.58. The van der Waals surface area contributed by atoms with Crippen molar-refractivity contribution in [2.75, 3.05) is 0 Å². The van der Waals surface area contributed by atoms with E-state index in [1.165, 1.54) is 19.3 Å². The van der Waals surface area contributed by atoms with Crippen LogP contribution in [0, 0.1) is 23.7 Å². The van der Waals surface area contributed by atoms with Gasteiger partial charge in [0.2, 0.25) is 0 Å². The Morgan fingerprint density at radius 3 is 2.75 bits per heavy atom. The van der Waals surface area contributed by atoms with Gasteiger partial charge in [0.15, 0.2) is 0 Å². The summed E-state index contributed by atoms with van der Waals surface area (Å²) >= 11 is 0. The van der Waals surface area contributed by atoms with Crippen molar-refractivity contribution in [1.82, 2.24) is 0 Å². The van der Waals surface area contributed by atoms with Gasteiger partial charge in [0, 0.05) is 0 Å². The average molecular weight is 210 g/mol. The summed E-state index contributed by atoms with van der Waals surface area (Å²) in [6.45, 7) is 0. The van der Waals surface area contributed by atoms with E-state index in [1.54, 1.807) is 5.56 Å². The van der Waals surface area contributed by atoms with Gasteiger partial charge >= 0.3 is 0 Å². The van der Waals surface area contributed by atoms with E-state index >= 15 is 0 Å². The molecule has 0 N–H and O–H groups in total. The van der Waals surface area contributed by atoms with Crippen LogP contribution in [0.5, 0.6) is 0 Å². The molecule has 1 unspecified atom stereocenters. The summed E-state index contributed by atoms with van der Waals surface area (Å²) in [5.74, 6) is 4.78. The van der Waals surface area contributed by atoms with Gasteiger partial charge < -0.3 is 0 Å². The van der Waals surface area contributed by atoms with Crippen LogP contribution in [0.25, 0.3) is 0 Å². The van der Waals surface area contributed by atoms with Crippen molar-refractivity contribution < 1.29 is 0 Å². The molecule has 2 fully saturated rings. The Balaban J connectivity index is 1.71. The molecule has 0 aromatic heterocycles. The van der Waals surface area contributed by atoms with E-state index in [4.69, 9.17) is 0 Å². The molecule has 1 aromatic rings. The molecule has 82 valence electrons. The Bertz CT molecular complexity index is 417. The highest BCUT2D eigenvalue weighted by Gasteiger charge is 2.56. The minimum absolute atomic E-state index is 0.841. The highest BCUT2D eigenvalue weighted by molar-refractivity contribution is 5.30. The van der Waals surface area contributed by atoms with Gasteiger partial charge in [-0.25, -0.2) is 0 Å². The summed E-state index contributed by atoms with van der Waals surface area (Å²) in [7, 11) is 0. The standard InChI is InChI=1S/C16H18/c1-2-5-11(6-3-1)15-13-8-4-7-12-9-10-14(15)16(12)13/h1-6,8,12-16H,7,9-10H2/t12-,13+,14-,15?,16+/m1/s1. The Kier molecular flexibility index (Phi) is 1.82. The lowest BCUT2D eigenvalue weighted by Crippen LogP contribution is -2.44. The zero-order valence-electron chi connectivity index (χ0n) is 9.55. The molecule has 0 heteroatoms. The molecule has 0 saturated heterocycles. The van der Waals surface area contributed by atoms with Gasteiger partial charge in [-0.1, -0.05) is 42.5 Å². The van der Waals surface area contributed by atoms with Crippen LogP contribution in [0.1, 0.15) is 30.7 Å². The van der Waals surface area contributed by atoms with Crippen LogP contribution in [0.2, 0.25) is 0 Å². The molecule has 0 heterocycles. The minimum atomic E-state index is 0.841. The van der Waals surface area contributed by atoms with E-state index in [1.807, 2.05) is 0 Å². The number of hydrogen-bond donors (Lipinski definition) is 0. The third-order valence-corrected chi connectivity index (χ3v) is 5.21. The first-order chi connectivity index (χ1) is 7.95. The molecule has 2 saturated carbocycles. The SMILES string of the molecule is C1=C[C@H]2C(c3ccccc3)[C@H]3CC[C@@H](C1)[C@H]32. The smallest absolute Gasteiger partial charge is 0.00648 e. The maximum absolute atomic E-state index is 2.51. The highest BCUT2D eigenvalue weighted by Crippen LogP contribution is 2.64.